The lowest BCUT2D eigenvalue weighted by molar-refractivity contribution is -0.145. The second-order valence-corrected chi connectivity index (χ2v) is 7.52. The van der Waals surface area contributed by atoms with Gasteiger partial charge in [-0.1, -0.05) is 36.4 Å². The molecule has 2 atom stereocenters. The van der Waals surface area contributed by atoms with E-state index in [2.05, 4.69) is 4.99 Å². The monoisotopic (exact) mass is 433 g/mol. The molecule has 1 heterocycles. The Bertz CT molecular complexity index is 1150. The highest BCUT2D eigenvalue weighted by Gasteiger charge is 2.47. The number of methoxy groups -OCH3 is 1. The fraction of sp³-hybridized carbons (Fsp3) is 0.280. The van der Waals surface area contributed by atoms with Gasteiger partial charge in [0.1, 0.15) is 5.75 Å². The van der Waals surface area contributed by atoms with Crippen LogP contribution >= 0.6 is 0 Å². The number of allylic oxidation sites excluding steroid dienone is 1. The quantitative estimate of drug-likeness (QED) is 0.648. The van der Waals surface area contributed by atoms with Gasteiger partial charge in [-0.2, -0.15) is 0 Å². The number of benzene rings is 2. The summed E-state index contributed by atoms with van der Waals surface area (Å²) < 4.78 is 15.4. The van der Waals surface area contributed by atoms with Gasteiger partial charge in [0.15, 0.2) is 12.4 Å². The first-order valence-corrected chi connectivity index (χ1v) is 10.4. The molecule has 2 aliphatic rings. The number of nitrogens with zero attached hydrogens (tertiary/aromatic N) is 1. The third kappa shape index (κ3) is 3.70. The molecule has 0 amide bonds. The summed E-state index contributed by atoms with van der Waals surface area (Å²) in [5.41, 5.74) is 3.72. The zero-order valence-electron chi connectivity index (χ0n) is 18.1. The molecule has 7 nitrogen and oxygen atoms in total. The van der Waals surface area contributed by atoms with E-state index in [1.807, 2.05) is 18.2 Å². The van der Waals surface area contributed by atoms with Gasteiger partial charge in [-0.15, -0.1) is 0 Å². The van der Waals surface area contributed by atoms with Crippen molar-refractivity contribution in [2.75, 3.05) is 20.3 Å². The van der Waals surface area contributed by atoms with E-state index in [9.17, 15) is 14.4 Å². The minimum absolute atomic E-state index is 0.0686. The SMILES string of the molecule is CCOC(=O)COc1ccc([C@@H]2C(C(=O)OC)=C(C)N=C3c4ccccc4C(=O)C32)cc1. The molecular formula is C25H23NO6. The van der Waals surface area contributed by atoms with Crippen molar-refractivity contribution in [2.24, 2.45) is 10.9 Å². The van der Waals surface area contributed by atoms with Crippen LogP contribution in [-0.4, -0.2) is 43.8 Å². The molecule has 1 aliphatic carbocycles. The molecule has 1 unspecified atom stereocenters. The number of ether oxygens (including phenoxy) is 3. The zero-order valence-corrected chi connectivity index (χ0v) is 18.1. The summed E-state index contributed by atoms with van der Waals surface area (Å²) in [7, 11) is 1.32. The molecule has 32 heavy (non-hydrogen) atoms. The minimum Gasteiger partial charge on any atom is -0.482 e. The van der Waals surface area contributed by atoms with Crippen molar-refractivity contribution in [1.29, 1.82) is 0 Å². The van der Waals surface area contributed by atoms with Crippen molar-refractivity contribution >= 4 is 23.4 Å². The number of aliphatic imine (C=N–C) groups is 1. The molecule has 4 rings (SSSR count). The van der Waals surface area contributed by atoms with Crippen molar-refractivity contribution in [3.63, 3.8) is 0 Å². The van der Waals surface area contributed by atoms with Crippen molar-refractivity contribution < 1.29 is 28.6 Å². The average Bonchev–Trinajstić information content (AvgIpc) is 3.08. The van der Waals surface area contributed by atoms with Gasteiger partial charge in [-0.05, 0) is 31.5 Å². The van der Waals surface area contributed by atoms with Gasteiger partial charge in [0.05, 0.1) is 30.9 Å². The number of hydrogen-bond acceptors (Lipinski definition) is 7. The van der Waals surface area contributed by atoms with Gasteiger partial charge < -0.3 is 14.2 Å². The van der Waals surface area contributed by atoms with Gasteiger partial charge in [-0.25, -0.2) is 9.59 Å². The van der Waals surface area contributed by atoms with Gasteiger partial charge in [0, 0.05) is 22.7 Å². The van der Waals surface area contributed by atoms with E-state index in [-0.39, 0.29) is 19.0 Å². The summed E-state index contributed by atoms with van der Waals surface area (Å²) in [5.74, 6) is -1.72. The van der Waals surface area contributed by atoms with Crippen LogP contribution in [0.3, 0.4) is 0 Å². The van der Waals surface area contributed by atoms with Crippen molar-refractivity contribution in [2.45, 2.75) is 19.8 Å². The molecule has 0 N–H and O–H groups in total. The van der Waals surface area contributed by atoms with Gasteiger partial charge in [0.2, 0.25) is 0 Å². The summed E-state index contributed by atoms with van der Waals surface area (Å²) in [6.45, 7) is 3.57. The number of Topliss-reactive ketones (excluding diaryl/α,β-unsaturated/α-hetero) is 1. The van der Waals surface area contributed by atoms with Crippen LogP contribution in [0, 0.1) is 5.92 Å². The molecule has 0 bridgehead atoms. The molecule has 0 fully saturated rings. The molecule has 0 spiro atoms. The summed E-state index contributed by atoms with van der Waals surface area (Å²) in [4.78, 5) is 42.2. The van der Waals surface area contributed by atoms with Crippen LogP contribution in [0.15, 0.2) is 64.8 Å². The number of esters is 2. The minimum atomic E-state index is -0.614. The maximum atomic E-state index is 13.4. The van der Waals surface area contributed by atoms with Crippen LogP contribution in [0.25, 0.3) is 0 Å². The van der Waals surface area contributed by atoms with E-state index in [1.165, 1.54) is 7.11 Å². The smallest absolute Gasteiger partial charge is 0.344 e. The first-order valence-electron chi connectivity index (χ1n) is 10.4. The normalized spacial score (nSPS) is 19.1. The van der Waals surface area contributed by atoms with E-state index in [0.29, 0.717) is 28.3 Å². The van der Waals surface area contributed by atoms with E-state index in [4.69, 9.17) is 14.2 Å². The molecule has 164 valence electrons. The van der Waals surface area contributed by atoms with E-state index in [0.717, 1.165) is 11.1 Å². The molecule has 2 aromatic carbocycles. The number of hydrogen-bond donors (Lipinski definition) is 0. The number of carbonyl (C=O) groups is 3. The average molecular weight is 433 g/mol. The van der Waals surface area contributed by atoms with Gasteiger partial charge >= 0.3 is 11.9 Å². The highest BCUT2D eigenvalue weighted by molar-refractivity contribution is 6.30. The predicted molar refractivity (Wildman–Crippen MR) is 117 cm³/mol. The lowest BCUT2D eigenvalue weighted by Gasteiger charge is -2.29. The summed E-state index contributed by atoms with van der Waals surface area (Å²) in [6.07, 6.45) is 0. The molecule has 2 aromatic rings. The number of rotatable bonds is 6. The lowest BCUT2D eigenvalue weighted by Crippen LogP contribution is -2.32. The number of fused-ring (bicyclic) bond motifs is 3. The van der Waals surface area contributed by atoms with Crippen molar-refractivity contribution in [1.82, 2.24) is 0 Å². The number of ketones is 1. The molecular weight excluding hydrogens is 410 g/mol. The highest BCUT2D eigenvalue weighted by atomic mass is 16.6. The second kappa shape index (κ2) is 8.78. The van der Waals surface area contributed by atoms with Crippen molar-refractivity contribution in [3.8, 4) is 5.75 Å². The topological polar surface area (TPSA) is 91.3 Å². The lowest BCUT2D eigenvalue weighted by atomic mass is 9.75. The Kier molecular flexibility index (Phi) is 5.90. The maximum absolute atomic E-state index is 13.4. The van der Waals surface area contributed by atoms with Crippen molar-refractivity contribution in [3.05, 3.63) is 76.5 Å². The van der Waals surface area contributed by atoms with Crippen LogP contribution in [0.5, 0.6) is 5.75 Å². The summed E-state index contributed by atoms with van der Waals surface area (Å²) in [6, 6.07) is 14.4. The standard InChI is InChI=1S/C25H23NO6/c1-4-31-19(27)13-32-16-11-9-15(10-12-16)21-20(25(29)30-3)14(2)26-23-17-7-5-6-8-18(17)24(28)22(21)23/h5-12,21-22H,4,13H2,1-3H3/t21-,22?/m1/s1. The van der Waals surface area contributed by atoms with Crippen LogP contribution in [0.1, 0.15) is 41.3 Å². The fourth-order valence-corrected chi connectivity index (χ4v) is 4.31. The first kappa shape index (κ1) is 21.5. The van der Waals surface area contributed by atoms with Crippen LogP contribution in [0.2, 0.25) is 0 Å². The molecule has 0 saturated carbocycles. The Labute approximate surface area is 185 Å². The Morgan fingerprint density at radius 3 is 2.34 bits per heavy atom. The van der Waals surface area contributed by atoms with Crippen LogP contribution in [-0.2, 0) is 19.1 Å². The molecule has 0 radical (unpaired) electrons. The van der Waals surface area contributed by atoms with E-state index < -0.39 is 23.8 Å². The van der Waals surface area contributed by atoms with Crippen LogP contribution in [0.4, 0.5) is 0 Å². The summed E-state index contributed by atoms with van der Waals surface area (Å²) in [5, 5.41) is 0. The number of carbonyl (C=O) groups excluding carboxylic acids is 3. The fourth-order valence-electron chi connectivity index (χ4n) is 4.31. The third-order valence-corrected chi connectivity index (χ3v) is 5.67. The van der Waals surface area contributed by atoms with Gasteiger partial charge in [0.25, 0.3) is 0 Å². The van der Waals surface area contributed by atoms with E-state index >= 15 is 0 Å². The zero-order chi connectivity index (χ0) is 22.8. The Morgan fingerprint density at radius 2 is 1.69 bits per heavy atom. The Morgan fingerprint density at radius 1 is 1.00 bits per heavy atom. The largest absolute Gasteiger partial charge is 0.482 e. The second-order valence-electron chi connectivity index (χ2n) is 7.52. The highest BCUT2D eigenvalue weighted by Crippen LogP contribution is 2.46. The maximum Gasteiger partial charge on any atom is 0.344 e. The molecule has 7 heteroatoms. The first-order chi connectivity index (χ1) is 15.5. The molecule has 0 saturated heterocycles. The van der Waals surface area contributed by atoms with Gasteiger partial charge in [-0.3, -0.25) is 9.79 Å². The Balaban J connectivity index is 1.71. The molecule has 1 aliphatic heterocycles. The summed E-state index contributed by atoms with van der Waals surface area (Å²) >= 11 is 0. The third-order valence-electron chi connectivity index (χ3n) is 5.67. The van der Waals surface area contributed by atoms with Crippen LogP contribution < -0.4 is 4.74 Å². The predicted octanol–water partition coefficient (Wildman–Crippen LogP) is 3.47. The van der Waals surface area contributed by atoms with E-state index in [1.54, 1.807) is 44.2 Å². The Hall–Kier alpha value is -3.74. The molecule has 0 aromatic heterocycles.